The van der Waals surface area contributed by atoms with Crippen LogP contribution in [0, 0.1) is 5.92 Å². The van der Waals surface area contributed by atoms with Gasteiger partial charge < -0.3 is 30.9 Å². The summed E-state index contributed by atoms with van der Waals surface area (Å²) in [5, 5.41) is 6.49. The molecule has 0 spiro atoms. The molecule has 1 aliphatic heterocycles. The van der Waals surface area contributed by atoms with E-state index in [-0.39, 0.29) is 23.3 Å². The van der Waals surface area contributed by atoms with Gasteiger partial charge in [-0.1, -0.05) is 0 Å². The number of carbonyl (C=O) groups excluding carboxylic acids is 3. The van der Waals surface area contributed by atoms with Gasteiger partial charge in [0.2, 0.25) is 5.91 Å². The van der Waals surface area contributed by atoms with Crippen molar-refractivity contribution in [3.63, 3.8) is 0 Å². The van der Waals surface area contributed by atoms with E-state index < -0.39 is 5.91 Å². The number of nitrogens with zero attached hydrogens (tertiary/aromatic N) is 3. The normalized spacial score (nSPS) is 15.4. The molecule has 10 nitrogen and oxygen atoms in total. The van der Waals surface area contributed by atoms with Crippen LogP contribution in [0.4, 0.5) is 17.2 Å². The minimum atomic E-state index is -0.580. The van der Waals surface area contributed by atoms with E-state index >= 15 is 0 Å². The molecule has 34 heavy (non-hydrogen) atoms. The second-order valence-corrected chi connectivity index (χ2v) is 8.57. The number of amides is 3. The molecular formula is C24H32N6O4. The minimum absolute atomic E-state index is 0.0756. The molecule has 1 atom stereocenters. The number of anilines is 3. The highest BCUT2D eigenvalue weighted by Crippen LogP contribution is 2.28. The van der Waals surface area contributed by atoms with Crippen LogP contribution in [0.25, 0.3) is 0 Å². The number of likely N-dealkylation sites (tertiary alicyclic amines) is 1. The Hall–Kier alpha value is -3.82. The van der Waals surface area contributed by atoms with Crippen LogP contribution in [0.15, 0.2) is 30.5 Å². The Kier molecular flexibility index (Phi) is 7.93. The third kappa shape index (κ3) is 5.94. The van der Waals surface area contributed by atoms with Gasteiger partial charge in [-0.2, -0.15) is 0 Å². The quantitative estimate of drug-likeness (QED) is 0.542. The fourth-order valence-electron chi connectivity index (χ4n) is 3.97. The van der Waals surface area contributed by atoms with Crippen LogP contribution in [-0.2, 0) is 4.79 Å². The van der Waals surface area contributed by atoms with Gasteiger partial charge >= 0.3 is 0 Å². The van der Waals surface area contributed by atoms with E-state index in [1.165, 1.54) is 18.2 Å². The Morgan fingerprint density at radius 2 is 2.00 bits per heavy atom. The lowest BCUT2D eigenvalue weighted by atomic mass is 9.97. The molecule has 3 amide bonds. The van der Waals surface area contributed by atoms with Gasteiger partial charge in [0.15, 0.2) is 0 Å². The summed E-state index contributed by atoms with van der Waals surface area (Å²) in [6, 6.07) is 6.88. The molecule has 1 aromatic heterocycles. The molecule has 0 saturated carbocycles. The minimum Gasteiger partial charge on any atom is -0.496 e. The Bertz CT molecular complexity index is 1070. The second kappa shape index (κ2) is 10.9. The first-order valence-electron chi connectivity index (χ1n) is 11.2. The maximum Gasteiger partial charge on any atom is 0.257 e. The van der Waals surface area contributed by atoms with Gasteiger partial charge in [-0.25, -0.2) is 4.98 Å². The first kappa shape index (κ1) is 24.8. The number of pyridine rings is 1. The van der Waals surface area contributed by atoms with E-state index in [0.717, 1.165) is 19.4 Å². The predicted octanol–water partition coefficient (Wildman–Crippen LogP) is 2.30. The summed E-state index contributed by atoms with van der Waals surface area (Å²) in [7, 11) is 4.86. The van der Waals surface area contributed by atoms with Crippen LogP contribution in [0.2, 0.25) is 0 Å². The number of rotatable bonds is 8. The number of nitrogens with one attached hydrogen (secondary N) is 2. The third-order valence-corrected chi connectivity index (χ3v) is 5.83. The summed E-state index contributed by atoms with van der Waals surface area (Å²) in [6.45, 7) is 3.65. The maximum absolute atomic E-state index is 12.3. The van der Waals surface area contributed by atoms with Crippen molar-refractivity contribution in [2.24, 2.45) is 11.7 Å². The number of piperidine rings is 1. The summed E-state index contributed by atoms with van der Waals surface area (Å²) in [5.41, 5.74) is 7.52. The number of benzene rings is 1. The van der Waals surface area contributed by atoms with Gasteiger partial charge in [-0.05, 0) is 30.9 Å². The zero-order chi connectivity index (χ0) is 24.8. The van der Waals surface area contributed by atoms with Crippen molar-refractivity contribution in [2.75, 3.05) is 51.5 Å². The molecule has 1 aliphatic rings. The number of ether oxygens (including phenoxy) is 1. The first-order chi connectivity index (χ1) is 16.2. The number of primary amides is 1. The zero-order valence-electron chi connectivity index (χ0n) is 20.1. The lowest BCUT2D eigenvalue weighted by Gasteiger charge is -2.32. The number of hydrogen-bond acceptors (Lipinski definition) is 7. The van der Waals surface area contributed by atoms with Crippen LogP contribution >= 0.6 is 0 Å². The molecule has 3 rings (SSSR count). The van der Waals surface area contributed by atoms with Crippen LogP contribution < -0.4 is 21.1 Å². The lowest BCUT2D eigenvalue weighted by Crippen LogP contribution is -2.40. The Morgan fingerprint density at radius 1 is 1.24 bits per heavy atom. The summed E-state index contributed by atoms with van der Waals surface area (Å²) in [4.78, 5) is 43.6. The van der Waals surface area contributed by atoms with Crippen molar-refractivity contribution in [3.05, 3.63) is 41.6 Å². The second-order valence-electron chi connectivity index (χ2n) is 8.57. The van der Waals surface area contributed by atoms with Crippen molar-refractivity contribution in [1.29, 1.82) is 0 Å². The molecule has 2 heterocycles. The fourth-order valence-corrected chi connectivity index (χ4v) is 3.97. The van der Waals surface area contributed by atoms with Gasteiger partial charge in [0, 0.05) is 64.7 Å². The zero-order valence-corrected chi connectivity index (χ0v) is 20.1. The van der Waals surface area contributed by atoms with E-state index in [0.29, 0.717) is 41.6 Å². The molecule has 10 heteroatoms. The molecule has 0 unspecified atom stereocenters. The molecular weight excluding hydrogens is 436 g/mol. The van der Waals surface area contributed by atoms with Crippen LogP contribution in [-0.4, -0.2) is 73.3 Å². The molecule has 0 aliphatic carbocycles. The third-order valence-electron chi connectivity index (χ3n) is 5.83. The van der Waals surface area contributed by atoms with E-state index in [1.807, 2.05) is 4.90 Å². The smallest absolute Gasteiger partial charge is 0.257 e. The van der Waals surface area contributed by atoms with Gasteiger partial charge in [-0.3, -0.25) is 14.4 Å². The summed E-state index contributed by atoms with van der Waals surface area (Å²) < 4.78 is 5.39. The van der Waals surface area contributed by atoms with Gasteiger partial charge in [0.1, 0.15) is 11.6 Å². The van der Waals surface area contributed by atoms with Gasteiger partial charge in [0.25, 0.3) is 11.8 Å². The fraction of sp³-hybridized carbons (Fsp3) is 0.417. The highest BCUT2D eigenvalue weighted by atomic mass is 16.5. The molecule has 2 aromatic rings. The monoisotopic (exact) mass is 468 g/mol. The van der Waals surface area contributed by atoms with Crippen molar-refractivity contribution < 1.29 is 19.1 Å². The molecule has 0 radical (unpaired) electrons. The van der Waals surface area contributed by atoms with Crippen molar-refractivity contribution >= 4 is 34.9 Å². The number of nitrogens with two attached hydrogens (primary N) is 1. The van der Waals surface area contributed by atoms with E-state index in [4.69, 9.17) is 10.5 Å². The van der Waals surface area contributed by atoms with E-state index in [1.54, 1.807) is 45.3 Å². The molecule has 1 saturated heterocycles. The Balaban J connectivity index is 1.77. The highest BCUT2D eigenvalue weighted by Gasteiger charge is 2.22. The highest BCUT2D eigenvalue weighted by molar-refractivity contribution is 5.99. The largest absolute Gasteiger partial charge is 0.496 e. The molecule has 0 bridgehead atoms. The van der Waals surface area contributed by atoms with Crippen LogP contribution in [0.1, 0.15) is 40.5 Å². The predicted molar refractivity (Wildman–Crippen MR) is 131 cm³/mol. The van der Waals surface area contributed by atoms with Gasteiger partial charge in [-0.15, -0.1) is 0 Å². The number of aromatic nitrogens is 1. The Morgan fingerprint density at radius 3 is 2.65 bits per heavy atom. The Labute approximate surface area is 199 Å². The number of methoxy groups -OCH3 is 1. The molecule has 1 aromatic carbocycles. The summed E-state index contributed by atoms with van der Waals surface area (Å²) in [6.07, 6.45) is 3.37. The first-order valence-corrected chi connectivity index (χ1v) is 11.2. The lowest BCUT2D eigenvalue weighted by molar-refractivity contribution is -0.130. The summed E-state index contributed by atoms with van der Waals surface area (Å²) in [5.74, 6) is 0.535. The van der Waals surface area contributed by atoms with Crippen molar-refractivity contribution in [2.45, 2.75) is 19.8 Å². The number of carbonyl (C=O) groups is 3. The standard InChI is InChI=1S/C24H32N6O4/c1-15(31)30-9-5-6-16(14-30)12-26-20-11-22(27-13-19(20)23(25)32)28-17-7-8-18(21(10-17)34-4)24(33)29(2)3/h7-8,10-11,13,16H,5-6,9,12,14H2,1-4H3,(H2,25,32)(H2,26,27,28)/t16-/m1/s1. The molecule has 182 valence electrons. The van der Waals surface area contributed by atoms with Crippen molar-refractivity contribution in [3.8, 4) is 5.75 Å². The molecule has 4 N–H and O–H groups in total. The summed E-state index contributed by atoms with van der Waals surface area (Å²) >= 11 is 0. The average molecular weight is 469 g/mol. The topological polar surface area (TPSA) is 130 Å². The van der Waals surface area contributed by atoms with E-state index in [2.05, 4.69) is 15.6 Å². The van der Waals surface area contributed by atoms with Crippen LogP contribution in [0.5, 0.6) is 5.75 Å². The average Bonchev–Trinajstić information content (AvgIpc) is 2.82. The maximum atomic E-state index is 12.3. The molecule has 1 fully saturated rings. The SMILES string of the molecule is COc1cc(Nc2cc(NC[C@H]3CCCN(C(C)=O)C3)c(C(N)=O)cn2)ccc1C(=O)N(C)C. The van der Waals surface area contributed by atoms with Crippen molar-refractivity contribution in [1.82, 2.24) is 14.8 Å². The van der Waals surface area contributed by atoms with Crippen LogP contribution in [0.3, 0.4) is 0 Å². The van der Waals surface area contributed by atoms with Gasteiger partial charge in [0.05, 0.1) is 23.9 Å². The number of hydrogen-bond donors (Lipinski definition) is 3. The van der Waals surface area contributed by atoms with E-state index in [9.17, 15) is 14.4 Å².